The first-order chi connectivity index (χ1) is 8.88. The van der Waals surface area contributed by atoms with Gasteiger partial charge in [-0.05, 0) is 30.3 Å². The first kappa shape index (κ1) is 11.7. The van der Waals surface area contributed by atoms with E-state index in [1.54, 1.807) is 0 Å². The van der Waals surface area contributed by atoms with Gasteiger partial charge >= 0.3 is 0 Å². The van der Waals surface area contributed by atoms with Gasteiger partial charge in [0.05, 0.1) is 11.7 Å². The highest BCUT2D eigenvalue weighted by atomic mass is 14.9. The molecule has 2 nitrogen and oxygen atoms in total. The van der Waals surface area contributed by atoms with Crippen LogP contribution in [0.5, 0.6) is 0 Å². The Morgan fingerprint density at radius 2 is 2.11 bits per heavy atom. The van der Waals surface area contributed by atoms with Crippen molar-refractivity contribution in [3.05, 3.63) is 42.2 Å². The van der Waals surface area contributed by atoms with E-state index in [4.69, 9.17) is 0 Å². The van der Waals surface area contributed by atoms with E-state index in [0.29, 0.717) is 6.04 Å². The van der Waals surface area contributed by atoms with E-state index in [-0.39, 0.29) is 0 Å². The topological polar surface area (TPSA) is 24.9 Å². The molecule has 1 aromatic heterocycles. The number of rotatable bonds is 5. The van der Waals surface area contributed by atoms with Crippen LogP contribution in [-0.2, 0) is 0 Å². The number of benzene rings is 1. The minimum atomic E-state index is 0.411. The van der Waals surface area contributed by atoms with Crippen molar-refractivity contribution in [3.8, 4) is 0 Å². The van der Waals surface area contributed by atoms with Gasteiger partial charge in [-0.3, -0.25) is 4.98 Å². The summed E-state index contributed by atoms with van der Waals surface area (Å²) >= 11 is 0. The largest absolute Gasteiger partial charge is 0.309 e. The molecule has 1 aliphatic carbocycles. The Kier molecular flexibility index (Phi) is 3.28. The number of pyridine rings is 1. The monoisotopic (exact) mass is 240 g/mol. The summed E-state index contributed by atoms with van der Waals surface area (Å²) in [7, 11) is 0. The highest BCUT2D eigenvalue weighted by Gasteiger charge is 2.27. The van der Waals surface area contributed by atoms with Crippen molar-refractivity contribution in [2.45, 2.75) is 32.2 Å². The molecule has 1 aromatic carbocycles. The lowest BCUT2D eigenvalue weighted by atomic mass is 10.0. The summed E-state index contributed by atoms with van der Waals surface area (Å²) in [6.45, 7) is 3.17. The number of aromatic nitrogens is 1. The molecule has 1 saturated carbocycles. The zero-order valence-electron chi connectivity index (χ0n) is 10.9. The van der Waals surface area contributed by atoms with Gasteiger partial charge in [0, 0.05) is 11.6 Å². The van der Waals surface area contributed by atoms with Crippen LogP contribution < -0.4 is 5.32 Å². The number of hydrogen-bond donors (Lipinski definition) is 1. The fraction of sp³-hybridized carbons (Fsp3) is 0.438. The number of nitrogens with zero attached hydrogens (tertiary/aromatic N) is 1. The molecule has 2 heteroatoms. The zero-order chi connectivity index (χ0) is 12.4. The van der Waals surface area contributed by atoms with Crippen LogP contribution in [0.4, 0.5) is 0 Å². The third-order valence-corrected chi connectivity index (χ3v) is 3.75. The van der Waals surface area contributed by atoms with Crippen LogP contribution in [0.1, 0.15) is 37.9 Å². The van der Waals surface area contributed by atoms with Crippen LogP contribution >= 0.6 is 0 Å². The van der Waals surface area contributed by atoms with Crippen LogP contribution in [0.2, 0.25) is 0 Å². The first-order valence-corrected chi connectivity index (χ1v) is 6.95. The van der Waals surface area contributed by atoms with E-state index in [0.717, 1.165) is 12.5 Å². The molecule has 0 aliphatic heterocycles. The molecule has 3 rings (SSSR count). The van der Waals surface area contributed by atoms with Crippen LogP contribution in [0.3, 0.4) is 0 Å². The Hall–Kier alpha value is -1.41. The van der Waals surface area contributed by atoms with Crippen LogP contribution in [0.25, 0.3) is 10.8 Å². The molecule has 0 saturated heterocycles. The molecule has 18 heavy (non-hydrogen) atoms. The van der Waals surface area contributed by atoms with Crippen LogP contribution in [0, 0.1) is 5.92 Å². The standard InChI is InChI=1S/C16H20N2/c1-2-17-15(11-12-7-8-12)16-14-6-4-3-5-13(14)9-10-18-16/h3-6,9-10,12,15,17H,2,7-8,11H2,1H3. The molecular formula is C16H20N2. The Balaban J connectivity index is 1.98. The van der Waals surface area contributed by atoms with Gasteiger partial charge in [-0.25, -0.2) is 0 Å². The van der Waals surface area contributed by atoms with Crippen molar-refractivity contribution in [2.24, 2.45) is 5.92 Å². The second kappa shape index (κ2) is 5.07. The van der Waals surface area contributed by atoms with E-state index in [1.807, 2.05) is 6.20 Å². The fourth-order valence-electron chi connectivity index (χ4n) is 2.65. The third kappa shape index (κ3) is 2.39. The van der Waals surface area contributed by atoms with Gasteiger partial charge in [-0.15, -0.1) is 0 Å². The maximum Gasteiger partial charge on any atom is 0.0651 e. The van der Waals surface area contributed by atoms with E-state index < -0.39 is 0 Å². The van der Waals surface area contributed by atoms with E-state index >= 15 is 0 Å². The highest BCUT2D eigenvalue weighted by Crippen LogP contribution is 2.38. The Morgan fingerprint density at radius 1 is 1.28 bits per heavy atom. The normalized spacial score (nSPS) is 16.9. The average molecular weight is 240 g/mol. The van der Waals surface area contributed by atoms with Gasteiger partial charge in [0.25, 0.3) is 0 Å². The quantitative estimate of drug-likeness (QED) is 0.862. The van der Waals surface area contributed by atoms with Gasteiger partial charge < -0.3 is 5.32 Å². The van der Waals surface area contributed by atoms with Gasteiger partial charge in [0.2, 0.25) is 0 Å². The summed E-state index contributed by atoms with van der Waals surface area (Å²) in [6.07, 6.45) is 5.96. The highest BCUT2D eigenvalue weighted by molar-refractivity contribution is 5.84. The smallest absolute Gasteiger partial charge is 0.0651 e. The molecule has 1 fully saturated rings. The Bertz CT molecular complexity index is 526. The SMILES string of the molecule is CCNC(CC1CC1)c1nccc2ccccc12. The van der Waals surface area contributed by atoms with Crippen molar-refractivity contribution in [1.82, 2.24) is 10.3 Å². The molecule has 0 spiro atoms. The molecule has 0 amide bonds. The molecule has 2 aromatic rings. The van der Waals surface area contributed by atoms with Crippen LogP contribution in [-0.4, -0.2) is 11.5 Å². The molecule has 0 bridgehead atoms. The minimum Gasteiger partial charge on any atom is -0.309 e. The van der Waals surface area contributed by atoms with Crippen molar-refractivity contribution >= 4 is 10.8 Å². The van der Waals surface area contributed by atoms with Crippen molar-refractivity contribution in [3.63, 3.8) is 0 Å². The Labute approximate surface area is 108 Å². The summed E-state index contributed by atoms with van der Waals surface area (Å²) in [5, 5.41) is 6.19. The zero-order valence-corrected chi connectivity index (χ0v) is 10.9. The summed E-state index contributed by atoms with van der Waals surface area (Å²) in [5.74, 6) is 0.912. The summed E-state index contributed by atoms with van der Waals surface area (Å²) < 4.78 is 0. The lowest BCUT2D eigenvalue weighted by Crippen LogP contribution is -2.22. The molecule has 1 atom stereocenters. The lowest BCUT2D eigenvalue weighted by Gasteiger charge is -2.18. The number of hydrogen-bond acceptors (Lipinski definition) is 2. The average Bonchev–Trinajstić information content (AvgIpc) is 3.22. The molecule has 1 N–H and O–H groups in total. The molecule has 0 radical (unpaired) electrons. The molecular weight excluding hydrogens is 220 g/mol. The summed E-state index contributed by atoms with van der Waals surface area (Å²) in [5.41, 5.74) is 1.22. The number of nitrogens with one attached hydrogen (secondary N) is 1. The van der Waals surface area contributed by atoms with Gasteiger partial charge in [-0.1, -0.05) is 44.0 Å². The second-order valence-electron chi connectivity index (χ2n) is 5.21. The van der Waals surface area contributed by atoms with E-state index in [9.17, 15) is 0 Å². The molecule has 1 aliphatic rings. The Morgan fingerprint density at radius 3 is 2.89 bits per heavy atom. The predicted octanol–water partition coefficient (Wildman–Crippen LogP) is 3.69. The van der Waals surface area contributed by atoms with E-state index in [2.05, 4.69) is 47.6 Å². The molecule has 94 valence electrons. The van der Waals surface area contributed by atoms with Crippen molar-refractivity contribution in [2.75, 3.05) is 6.54 Å². The molecule has 1 unspecified atom stereocenters. The lowest BCUT2D eigenvalue weighted by molar-refractivity contribution is 0.480. The minimum absolute atomic E-state index is 0.411. The van der Waals surface area contributed by atoms with Crippen molar-refractivity contribution < 1.29 is 0 Å². The van der Waals surface area contributed by atoms with Gasteiger partial charge in [0.1, 0.15) is 0 Å². The van der Waals surface area contributed by atoms with E-state index in [1.165, 1.54) is 35.7 Å². The first-order valence-electron chi connectivity index (χ1n) is 6.95. The summed E-state index contributed by atoms with van der Waals surface area (Å²) in [6, 6.07) is 11.1. The summed E-state index contributed by atoms with van der Waals surface area (Å²) in [4.78, 5) is 4.64. The maximum atomic E-state index is 4.64. The van der Waals surface area contributed by atoms with Crippen LogP contribution in [0.15, 0.2) is 36.5 Å². The molecule has 1 heterocycles. The van der Waals surface area contributed by atoms with Crippen molar-refractivity contribution in [1.29, 1.82) is 0 Å². The van der Waals surface area contributed by atoms with Gasteiger partial charge in [0.15, 0.2) is 0 Å². The maximum absolute atomic E-state index is 4.64. The number of fused-ring (bicyclic) bond motifs is 1. The second-order valence-corrected chi connectivity index (χ2v) is 5.21. The fourth-order valence-corrected chi connectivity index (χ4v) is 2.65. The third-order valence-electron chi connectivity index (χ3n) is 3.75. The predicted molar refractivity (Wildman–Crippen MR) is 75.5 cm³/mol. The van der Waals surface area contributed by atoms with Gasteiger partial charge in [-0.2, -0.15) is 0 Å².